The molecule has 0 amide bonds. The van der Waals surface area contributed by atoms with Gasteiger partial charge < -0.3 is 4.74 Å². The fraction of sp³-hybridized carbons (Fsp3) is 0.538. The third-order valence-corrected chi connectivity index (χ3v) is 5.71. The minimum atomic E-state index is -3.54. The highest BCUT2D eigenvalue weighted by molar-refractivity contribution is 7.89. The number of rotatable bonds is 4. The van der Waals surface area contributed by atoms with Gasteiger partial charge >= 0.3 is 0 Å². The van der Waals surface area contributed by atoms with Crippen molar-refractivity contribution in [2.45, 2.75) is 37.1 Å². The van der Waals surface area contributed by atoms with Gasteiger partial charge in [0, 0.05) is 17.6 Å². The monoisotopic (exact) mass is 303 g/mol. The van der Waals surface area contributed by atoms with Crippen molar-refractivity contribution < 1.29 is 13.2 Å². The summed E-state index contributed by atoms with van der Waals surface area (Å²) >= 11 is 5.92. The van der Waals surface area contributed by atoms with Gasteiger partial charge in [-0.2, -0.15) is 4.31 Å². The number of nitrogens with zero attached hydrogens (tertiary/aromatic N) is 1. The highest BCUT2D eigenvalue weighted by Crippen LogP contribution is 2.33. The molecule has 2 rings (SSSR count). The summed E-state index contributed by atoms with van der Waals surface area (Å²) in [6.07, 6.45) is 2.64. The number of ether oxygens (including phenoxy) is 1. The summed E-state index contributed by atoms with van der Waals surface area (Å²) in [4.78, 5) is 0.155. The van der Waals surface area contributed by atoms with E-state index in [1.807, 2.05) is 6.92 Å². The van der Waals surface area contributed by atoms with Crippen molar-refractivity contribution in [1.82, 2.24) is 4.31 Å². The first-order valence-electron chi connectivity index (χ1n) is 6.36. The molecule has 0 spiro atoms. The summed E-state index contributed by atoms with van der Waals surface area (Å²) in [6.45, 7) is 2.57. The van der Waals surface area contributed by atoms with Gasteiger partial charge in [-0.25, -0.2) is 8.42 Å². The lowest BCUT2D eigenvalue weighted by molar-refractivity contribution is 0.370. The second-order valence-corrected chi connectivity index (χ2v) is 6.91. The zero-order valence-corrected chi connectivity index (χ0v) is 12.7. The highest BCUT2D eigenvalue weighted by Gasteiger charge is 2.35. The number of halogens is 1. The standard InChI is InChI=1S/C13H18ClNO3S/c1-3-11-5-4-8-15(11)19(16,17)13-9-10(14)6-7-12(13)18-2/h6-7,9,11H,3-5,8H2,1-2H3. The molecule has 1 aliphatic heterocycles. The minimum Gasteiger partial charge on any atom is -0.495 e. The minimum absolute atomic E-state index is 0.0775. The molecule has 0 bridgehead atoms. The van der Waals surface area contributed by atoms with Crippen molar-refractivity contribution in [3.63, 3.8) is 0 Å². The Hall–Kier alpha value is -0.780. The summed E-state index contributed by atoms with van der Waals surface area (Å²) in [6, 6.07) is 4.75. The molecule has 4 nitrogen and oxygen atoms in total. The molecule has 1 aromatic carbocycles. The predicted molar refractivity (Wildman–Crippen MR) is 75.2 cm³/mol. The molecule has 1 fully saturated rings. The van der Waals surface area contributed by atoms with E-state index in [2.05, 4.69) is 0 Å². The lowest BCUT2D eigenvalue weighted by Crippen LogP contribution is -2.35. The molecule has 1 atom stereocenters. The first-order valence-corrected chi connectivity index (χ1v) is 8.18. The Morgan fingerprint density at radius 2 is 2.21 bits per heavy atom. The van der Waals surface area contributed by atoms with Crippen molar-refractivity contribution in [3.8, 4) is 5.75 Å². The van der Waals surface area contributed by atoms with Crippen LogP contribution in [-0.4, -0.2) is 32.4 Å². The molecular weight excluding hydrogens is 286 g/mol. The molecule has 1 saturated heterocycles. The van der Waals surface area contributed by atoms with Crippen LogP contribution >= 0.6 is 11.6 Å². The van der Waals surface area contributed by atoms with Crippen LogP contribution in [0.4, 0.5) is 0 Å². The molecule has 1 unspecified atom stereocenters. The van der Waals surface area contributed by atoms with E-state index in [0.717, 1.165) is 19.3 Å². The molecule has 19 heavy (non-hydrogen) atoms. The van der Waals surface area contributed by atoms with Crippen LogP contribution in [0.2, 0.25) is 5.02 Å². The van der Waals surface area contributed by atoms with E-state index in [1.54, 1.807) is 16.4 Å². The van der Waals surface area contributed by atoms with Crippen molar-refractivity contribution in [3.05, 3.63) is 23.2 Å². The van der Waals surface area contributed by atoms with Crippen LogP contribution in [0.15, 0.2) is 23.1 Å². The summed E-state index contributed by atoms with van der Waals surface area (Å²) < 4.78 is 32.2. The average molecular weight is 304 g/mol. The topological polar surface area (TPSA) is 46.6 Å². The second kappa shape index (κ2) is 5.69. The van der Waals surface area contributed by atoms with Gasteiger partial charge in [-0.1, -0.05) is 18.5 Å². The van der Waals surface area contributed by atoms with Crippen molar-refractivity contribution in [1.29, 1.82) is 0 Å². The Morgan fingerprint density at radius 1 is 1.47 bits per heavy atom. The van der Waals surface area contributed by atoms with Gasteiger partial charge in [0.05, 0.1) is 7.11 Å². The summed E-state index contributed by atoms with van der Waals surface area (Å²) in [7, 11) is -2.08. The fourth-order valence-electron chi connectivity index (χ4n) is 2.51. The summed E-state index contributed by atoms with van der Waals surface area (Å²) in [5, 5.41) is 0.395. The smallest absolute Gasteiger partial charge is 0.247 e. The number of benzene rings is 1. The van der Waals surface area contributed by atoms with Gasteiger partial charge in [0.15, 0.2) is 0 Å². The molecule has 0 aliphatic carbocycles. The Balaban J connectivity index is 2.47. The highest BCUT2D eigenvalue weighted by atomic mass is 35.5. The zero-order chi connectivity index (χ0) is 14.0. The maximum absolute atomic E-state index is 12.7. The molecule has 0 N–H and O–H groups in total. The van der Waals surface area contributed by atoms with Gasteiger partial charge in [0.1, 0.15) is 10.6 Å². The third kappa shape index (κ3) is 2.73. The van der Waals surface area contributed by atoms with Crippen LogP contribution in [-0.2, 0) is 10.0 Å². The van der Waals surface area contributed by atoms with Gasteiger partial charge in [-0.05, 0) is 37.5 Å². The molecule has 0 radical (unpaired) electrons. The van der Waals surface area contributed by atoms with Crippen LogP contribution in [0.1, 0.15) is 26.2 Å². The van der Waals surface area contributed by atoms with E-state index < -0.39 is 10.0 Å². The fourth-order valence-corrected chi connectivity index (χ4v) is 4.70. The zero-order valence-electron chi connectivity index (χ0n) is 11.1. The van der Waals surface area contributed by atoms with Crippen LogP contribution in [0, 0.1) is 0 Å². The number of hydrogen-bond acceptors (Lipinski definition) is 3. The Labute approximate surface area is 119 Å². The lowest BCUT2D eigenvalue weighted by Gasteiger charge is -2.24. The molecule has 1 aromatic rings. The number of methoxy groups -OCH3 is 1. The quantitative estimate of drug-likeness (QED) is 0.859. The predicted octanol–water partition coefficient (Wildman–Crippen LogP) is 2.91. The first kappa shape index (κ1) is 14.6. The third-order valence-electron chi connectivity index (χ3n) is 3.51. The molecule has 0 aromatic heterocycles. The summed E-state index contributed by atoms with van der Waals surface area (Å²) in [5.74, 6) is 0.339. The van der Waals surface area contributed by atoms with Gasteiger partial charge in [0.25, 0.3) is 0 Å². The van der Waals surface area contributed by atoms with Crippen LogP contribution in [0.5, 0.6) is 5.75 Å². The molecule has 0 saturated carbocycles. The molecular formula is C13H18ClNO3S. The Bertz CT molecular complexity index is 559. The number of sulfonamides is 1. The largest absolute Gasteiger partial charge is 0.495 e. The molecule has 6 heteroatoms. The van der Waals surface area contributed by atoms with Gasteiger partial charge in [-0.15, -0.1) is 0 Å². The second-order valence-electron chi connectivity index (χ2n) is 4.62. The number of hydrogen-bond donors (Lipinski definition) is 0. The lowest BCUT2D eigenvalue weighted by atomic mass is 10.2. The van der Waals surface area contributed by atoms with Crippen molar-refractivity contribution in [2.24, 2.45) is 0 Å². The van der Waals surface area contributed by atoms with E-state index >= 15 is 0 Å². The van der Waals surface area contributed by atoms with Crippen molar-refractivity contribution in [2.75, 3.05) is 13.7 Å². The maximum atomic E-state index is 12.7. The maximum Gasteiger partial charge on any atom is 0.247 e. The van der Waals surface area contributed by atoms with E-state index in [1.165, 1.54) is 13.2 Å². The van der Waals surface area contributed by atoms with Crippen LogP contribution in [0.25, 0.3) is 0 Å². The average Bonchev–Trinajstić information content (AvgIpc) is 2.87. The van der Waals surface area contributed by atoms with E-state index in [0.29, 0.717) is 17.3 Å². The molecule has 1 heterocycles. The normalized spacial score (nSPS) is 20.7. The van der Waals surface area contributed by atoms with Gasteiger partial charge in [-0.3, -0.25) is 0 Å². The molecule has 1 aliphatic rings. The molecule has 106 valence electrons. The first-order chi connectivity index (χ1) is 9.00. The van der Waals surface area contributed by atoms with Gasteiger partial charge in [0.2, 0.25) is 10.0 Å². The SMILES string of the molecule is CCC1CCCN1S(=O)(=O)c1cc(Cl)ccc1OC. The van der Waals surface area contributed by atoms with Crippen LogP contribution in [0.3, 0.4) is 0 Å². The summed E-state index contributed by atoms with van der Waals surface area (Å²) in [5.41, 5.74) is 0. The van der Waals surface area contributed by atoms with Crippen LogP contribution < -0.4 is 4.74 Å². The van der Waals surface area contributed by atoms with E-state index in [9.17, 15) is 8.42 Å². The Morgan fingerprint density at radius 3 is 2.84 bits per heavy atom. The Kier molecular flexibility index (Phi) is 4.38. The van der Waals surface area contributed by atoms with E-state index in [4.69, 9.17) is 16.3 Å². The van der Waals surface area contributed by atoms with E-state index in [-0.39, 0.29) is 10.9 Å². The van der Waals surface area contributed by atoms with Crippen molar-refractivity contribution >= 4 is 21.6 Å².